The van der Waals surface area contributed by atoms with Crippen molar-refractivity contribution in [3.8, 4) is 0 Å². The van der Waals surface area contributed by atoms with Gasteiger partial charge in [0.25, 0.3) is 5.91 Å². The summed E-state index contributed by atoms with van der Waals surface area (Å²) in [6.45, 7) is 0. The predicted octanol–water partition coefficient (Wildman–Crippen LogP) is -0.925. The number of rotatable bonds is 1. The van der Waals surface area contributed by atoms with Crippen molar-refractivity contribution in [2.24, 2.45) is 5.92 Å². The summed E-state index contributed by atoms with van der Waals surface area (Å²) in [5.74, 6) is -2.69. The maximum atomic E-state index is 11.4. The fraction of sp³-hybridized carbons (Fsp3) is 0.300. The maximum Gasteiger partial charge on any atom is 0.260 e. The second-order valence-corrected chi connectivity index (χ2v) is 3.60. The highest BCUT2D eigenvalue weighted by Crippen LogP contribution is 2.29. The molecule has 0 aromatic rings. The molecule has 1 heterocycles. The van der Waals surface area contributed by atoms with E-state index in [1.54, 1.807) is 6.08 Å². The topological polar surface area (TPSA) is 83.5 Å². The van der Waals surface area contributed by atoms with Crippen LogP contribution in [0.1, 0.15) is 6.42 Å². The number of imide groups is 1. The predicted molar refractivity (Wildman–Crippen MR) is 49.5 cm³/mol. The van der Waals surface area contributed by atoms with Crippen LogP contribution in [0, 0.1) is 5.92 Å². The van der Waals surface area contributed by atoms with Gasteiger partial charge in [-0.25, -0.2) is 0 Å². The number of carbonyl (C=O) groups is 3. The molecule has 0 bridgehead atoms. The number of allylic oxidation sites excluding steroid dienone is 3. The van der Waals surface area contributed by atoms with Gasteiger partial charge in [0.2, 0.25) is 5.91 Å². The first-order chi connectivity index (χ1) is 7.04. The Bertz CT molecular complexity index is 410. The minimum absolute atomic E-state index is 0.361. The molecule has 0 saturated carbocycles. The SMILES string of the molecule is O=C1CC(O)(C2C=CC=CC2=O)C(=O)N1. The molecule has 5 heteroatoms. The molecular formula is C10H9NO4. The van der Waals surface area contributed by atoms with Gasteiger partial charge in [-0.05, 0) is 6.08 Å². The summed E-state index contributed by atoms with van der Waals surface area (Å²) in [6.07, 6.45) is 5.44. The quantitative estimate of drug-likeness (QED) is 0.544. The largest absolute Gasteiger partial charge is 0.378 e. The molecule has 2 rings (SSSR count). The zero-order chi connectivity index (χ0) is 11.1. The van der Waals surface area contributed by atoms with Gasteiger partial charge in [0, 0.05) is 0 Å². The molecule has 2 aliphatic rings. The van der Waals surface area contributed by atoms with Crippen molar-refractivity contribution in [3.63, 3.8) is 0 Å². The smallest absolute Gasteiger partial charge is 0.260 e. The molecule has 0 aromatic heterocycles. The Balaban J connectivity index is 2.34. The number of nitrogens with one attached hydrogen (secondary N) is 1. The van der Waals surface area contributed by atoms with Crippen LogP contribution in [0.4, 0.5) is 0 Å². The monoisotopic (exact) mass is 207 g/mol. The van der Waals surface area contributed by atoms with Crippen LogP contribution in [-0.2, 0) is 14.4 Å². The number of carbonyl (C=O) groups excluding carboxylic acids is 3. The van der Waals surface area contributed by atoms with Crippen molar-refractivity contribution in [2.45, 2.75) is 12.0 Å². The molecule has 1 aliphatic carbocycles. The lowest BCUT2D eigenvalue weighted by atomic mass is 9.81. The molecule has 0 aromatic carbocycles. The zero-order valence-corrected chi connectivity index (χ0v) is 7.77. The van der Waals surface area contributed by atoms with E-state index in [2.05, 4.69) is 0 Å². The van der Waals surface area contributed by atoms with E-state index in [1.807, 2.05) is 5.32 Å². The van der Waals surface area contributed by atoms with E-state index >= 15 is 0 Å². The lowest BCUT2D eigenvalue weighted by molar-refractivity contribution is -0.143. The summed E-state index contributed by atoms with van der Waals surface area (Å²) in [7, 11) is 0. The van der Waals surface area contributed by atoms with Gasteiger partial charge in [0.15, 0.2) is 11.4 Å². The number of amides is 2. The molecule has 2 N–H and O–H groups in total. The molecule has 1 fully saturated rings. The van der Waals surface area contributed by atoms with Crippen molar-refractivity contribution in [1.29, 1.82) is 0 Å². The van der Waals surface area contributed by atoms with E-state index in [1.165, 1.54) is 18.2 Å². The van der Waals surface area contributed by atoms with E-state index in [0.717, 1.165) is 0 Å². The summed E-state index contributed by atoms with van der Waals surface area (Å²) in [5.41, 5.74) is -1.92. The Morgan fingerprint density at radius 3 is 2.60 bits per heavy atom. The third kappa shape index (κ3) is 1.41. The van der Waals surface area contributed by atoms with Gasteiger partial charge in [-0.2, -0.15) is 0 Å². The summed E-state index contributed by atoms with van der Waals surface area (Å²) in [4.78, 5) is 33.8. The average Bonchev–Trinajstić information content (AvgIpc) is 2.42. The molecule has 15 heavy (non-hydrogen) atoms. The fourth-order valence-corrected chi connectivity index (χ4v) is 1.77. The van der Waals surface area contributed by atoms with Gasteiger partial charge < -0.3 is 5.11 Å². The Kier molecular flexibility index (Phi) is 2.04. The third-order valence-electron chi connectivity index (χ3n) is 2.57. The van der Waals surface area contributed by atoms with Crippen molar-refractivity contribution < 1.29 is 19.5 Å². The molecule has 0 spiro atoms. The van der Waals surface area contributed by atoms with Crippen LogP contribution < -0.4 is 5.32 Å². The molecule has 1 aliphatic heterocycles. The van der Waals surface area contributed by atoms with E-state index in [-0.39, 0.29) is 12.2 Å². The molecule has 2 atom stereocenters. The van der Waals surface area contributed by atoms with Gasteiger partial charge in [-0.1, -0.05) is 18.2 Å². The van der Waals surface area contributed by atoms with Gasteiger partial charge in [0.05, 0.1) is 12.3 Å². The van der Waals surface area contributed by atoms with Crippen molar-refractivity contribution in [2.75, 3.05) is 0 Å². The Morgan fingerprint density at radius 2 is 2.07 bits per heavy atom. The molecule has 78 valence electrons. The highest BCUT2D eigenvalue weighted by Gasteiger charge is 2.52. The Labute approximate surface area is 85.5 Å². The lowest BCUT2D eigenvalue weighted by Crippen LogP contribution is -2.47. The van der Waals surface area contributed by atoms with Crippen molar-refractivity contribution >= 4 is 17.6 Å². The van der Waals surface area contributed by atoms with Gasteiger partial charge >= 0.3 is 0 Å². The normalized spacial score (nSPS) is 34.7. The molecular weight excluding hydrogens is 198 g/mol. The molecule has 0 radical (unpaired) electrons. The minimum atomic E-state index is -1.92. The number of hydrogen-bond acceptors (Lipinski definition) is 4. The van der Waals surface area contributed by atoms with Crippen molar-refractivity contribution in [1.82, 2.24) is 5.32 Å². The summed E-state index contributed by atoms with van der Waals surface area (Å²) in [5, 5.41) is 12.0. The summed E-state index contributed by atoms with van der Waals surface area (Å²) >= 11 is 0. The van der Waals surface area contributed by atoms with Crippen LogP contribution in [0.15, 0.2) is 24.3 Å². The van der Waals surface area contributed by atoms with Crippen LogP contribution in [0.2, 0.25) is 0 Å². The van der Waals surface area contributed by atoms with Crippen LogP contribution in [0.5, 0.6) is 0 Å². The maximum absolute atomic E-state index is 11.4. The van der Waals surface area contributed by atoms with Crippen LogP contribution in [-0.4, -0.2) is 28.3 Å². The standard InChI is InChI=1S/C10H9NO4/c12-7-4-2-1-3-6(7)10(15)5-8(13)11-9(10)14/h1-4,6,15H,5H2,(H,11,13,14). The Morgan fingerprint density at radius 1 is 1.33 bits per heavy atom. The third-order valence-corrected chi connectivity index (χ3v) is 2.57. The zero-order valence-electron chi connectivity index (χ0n) is 7.77. The van der Waals surface area contributed by atoms with Crippen LogP contribution in [0.25, 0.3) is 0 Å². The first-order valence-corrected chi connectivity index (χ1v) is 4.49. The average molecular weight is 207 g/mol. The van der Waals surface area contributed by atoms with Gasteiger partial charge in [0.1, 0.15) is 0 Å². The van der Waals surface area contributed by atoms with Crippen molar-refractivity contribution in [3.05, 3.63) is 24.3 Å². The first kappa shape index (κ1) is 9.79. The first-order valence-electron chi connectivity index (χ1n) is 4.49. The highest BCUT2D eigenvalue weighted by molar-refractivity contribution is 6.11. The summed E-state index contributed by atoms with van der Waals surface area (Å²) in [6, 6.07) is 0. The van der Waals surface area contributed by atoms with E-state index < -0.39 is 23.3 Å². The molecule has 1 saturated heterocycles. The van der Waals surface area contributed by atoms with Gasteiger partial charge in [-0.15, -0.1) is 0 Å². The van der Waals surface area contributed by atoms with Crippen LogP contribution >= 0.6 is 0 Å². The number of aliphatic hydroxyl groups is 1. The van der Waals surface area contributed by atoms with E-state index in [9.17, 15) is 19.5 Å². The highest BCUT2D eigenvalue weighted by atomic mass is 16.3. The Hall–Kier alpha value is -1.75. The lowest BCUT2D eigenvalue weighted by Gasteiger charge is -2.25. The van der Waals surface area contributed by atoms with E-state index in [4.69, 9.17) is 0 Å². The number of ketones is 1. The number of hydrogen-bond donors (Lipinski definition) is 2. The van der Waals surface area contributed by atoms with Crippen LogP contribution in [0.3, 0.4) is 0 Å². The molecule has 2 unspecified atom stereocenters. The fourth-order valence-electron chi connectivity index (χ4n) is 1.77. The van der Waals surface area contributed by atoms with Gasteiger partial charge in [-0.3, -0.25) is 19.7 Å². The molecule has 5 nitrogen and oxygen atoms in total. The minimum Gasteiger partial charge on any atom is -0.378 e. The summed E-state index contributed by atoms with van der Waals surface area (Å²) < 4.78 is 0. The molecule has 2 amide bonds. The second-order valence-electron chi connectivity index (χ2n) is 3.60. The second kappa shape index (κ2) is 3.13. The van der Waals surface area contributed by atoms with E-state index in [0.29, 0.717) is 0 Å².